The quantitative estimate of drug-likeness (QED) is 0.854. The minimum absolute atomic E-state index is 0.109. The van der Waals surface area contributed by atoms with Crippen molar-refractivity contribution in [3.63, 3.8) is 0 Å². The second-order valence-corrected chi connectivity index (χ2v) is 4.90. The molecule has 0 radical (unpaired) electrons. The molecule has 1 atom stereocenters. The lowest BCUT2D eigenvalue weighted by molar-refractivity contribution is 0.612. The van der Waals surface area contributed by atoms with Crippen molar-refractivity contribution in [1.29, 1.82) is 0 Å². The smallest absolute Gasteiger partial charge is 0.146 e. The van der Waals surface area contributed by atoms with Gasteiger partial charge >= 0.3 is 0 Å². The summed E-state index contributed by atoms with van der Waals surface area (Å²) in [6, 6.07) is 5.28. The molecule has 1 saturated heterocycles. The van der Waals surface area contributed by atoms with Gasteiger partial charge in [-0.2, -0.15) is 0 Å². The number of hydrogen-bond acceptors (Lipinski definition) is 2. The maximum atomic E-state index is 14.0. The Morgan fingerprint density at radius 1 is 1.18 bits per heavy atom. The van der Waals surface area contributed by atoms with Crippen LogP contribution in [0.25, 0.3) is 0 Å². The average molecular weight is 236 g/mol. The van der Waals surface area contributed by atoms with Gasteiger partial charge in [-0.3, -0.25) is 0 Å². The Labute approximate surface area is 103 Å². The standard InChI is InChI=1S/C14H21FN2/c1-11(16)12-6-7-14(13(15)10-12)17-8-4-2-3-5-9-17/h6-7,10-11H,2-5,8-9,16H2,1H3/t11-/m1/s1. The van der Waals surface area contributed by atoms with Crippen LogP contribution in [0.3, 0.4) is 0 Å². The number of anilines is 1. The second kappa shape index (κ2) is 5.50. The molecule has 17 heavy (non-hydrogen) atoms. The fourth-order valence-electron chi connectivity index (χ4n) is 2.37. The summed E-state index contributed by atoms with van der Waals surface area (Å²) >= 11 is 0. The Balaban J connectivity index is 2.19. The molecule has 2 N–H and O–H groups in total. The topological polar surface area (TPSA) is 29.3 Å². The molecule has 3 heteroatoms. The van der Waals surface area contributed by atoms with E-state index in [-0.39, 0.29) is 11.9 Å². The Hall–Kier alpha value is -1.09. The van der Waals surface area contributed by atoms with E-state index >= 15 is 0 Å². The highest BCUT2D eigenvalue weighted by atomic mass is 19.1. The van der Waals surface area contributed by atoms with E-state index in [0.29, 0.717) is 0 Å². The van der Waals surface area contributed by atoms with Crippen LogP contribution < -0.4 is 10.6 Å². The van der Waals surface area contributed by atoms with Crippen molar-refractivity contribution in [2.75, 3.05) is 18.0 Å². The van der Waals surface area contributed by atoms with E-state index in [1.807, 2.05) is 19.1 Å². The third kappa shape index (κ3) is 2.97. The van der Waals surface area contributed by atoms with Crippen LogP contribution in [-0.4, -0.2) is 13.1 Å². The maximum Gasteiger partial charge on any atom is 0.146 e. The monoisotopic (exact) mass is 236 g/mol. The zero-order valence-electron chi connectivity index (χ0n) is 10.5. The lowest BCUT2D eigenvalue weighted by Gasteiger charge is -2.23. The highest BCUT2D eigenvalue weighted by Crippen LogP contribution is 2.25. The van der Waals surface area contributed by atoms with Gasteiger partial charge in [0.1, 0.15) is 5.82 Å². The number of nitrogens with zero attached hydrogens (tertiary/aromatic N) is 1. The van der Waals surface area contributed by atoms with Crippen LogP contribution in [0.15, 0.2) is 18.2 Å². The van der Waals surface area contributed by atoms with Gasteiger partial charge in [0, 0.05) is 19.1 Å². The van der Waals surface area contributed by atoms with Crippen LogP contribution in [-0.2, 0) is 0 Å². The van der Waals surface area contributed by atoms with Crippen LogP contribution in [0.4, 0.5) is 10.1 Å². The summed E-state index contributed by atoms with van der Waals surface area (Å²) in [6.45, 7) is 3.81. The summed E-state index contributed by atoms with van der Waals surface area (Å²) in [7, 11) is 0. The van der Waals surface area contributed by atoms with Crippen LogP contribution in [0.2, 0.25) is 0 Å². The Morgan fingerprint density at radius 3 is 2.35 bits per heavy atom. The predicted molar refractivity (Wildman–Crippen MR) is 69.7 cm³/mol. The van der Waals surface area contributed by atoms with Gasteiger partial charge in [-0.15, -0.1) is 0 Å². The van der Waals surface area contributed by atoms with Gasteiger partial charge in [0.25, 0.3) is 0 Å². The Kier molecular flexibility index (Phi) is 4.00. The molecular weight excluding hydrogens is 215 g/mol. The molecule has 0 aliphatic carbocycles. The van der Waals surface area contributed by atoms with E-state index in [1.165, 1.54) is 12.8 Å². The number of hydrogen-bond donors (Lipinski definition) is 1. The minimum Gasteiger partial charge on any atom is -0.369 e. The zero-order chi connectivity index (χ0) is 12.3. The molecule has 2 nitrogen and oxygen atoms in total. The molecule has 1 aromatic rings. The summed E-state index contributed by atoms with van der Waals surface area (Å²) in [4.78, 5) is 2.16. The molecule has 1 aromatic carbocycles. The fourth-order valence-corrected chi connectivity index (χ4v) is 2.37. The Morgan fingerprint density at radius 2 is 1.82 bits per heavy atom. The summed E-state index contributed by atoms with van der Waals surface area (Å²) in [5, 5.41) is 0. The first kappa shape index (κ1) is 12.4. The number of nitrogens with two attached hydrogens (primary N) is 1. The van der Waals surface area contributed by atoms with Gasteiger partial charge < -0.3 is 10.6 Å². The molecule has 0 saturated carbocycles. The summed E-state index contributed by atoms with van der Waals surface area (Å²) in [6.07, 6.45) is 4.84. The summed E-state index contributed by atoms with van der Waals surface area (Å²) in [5.74, 6) is -0.137. The molecule has 0 bridgehead atoms. The van der Waals surface area contributed by atoms with Crippen molar-refractivity contribution >= 4 is 5.69 Å². The highest BCUT2D eigenvalue weighted by molar-refractivity contribution is 5.49. The van der Waals surface area contributed by atoms with E-state index in [4.69, 9.17) is 5.73 Å². The van der Waals surface area contributed by atoms with Gasteiger partial charge in [-0.1, -0.05) is 18.9 Å². The average Bonchev–Trinajstić information content (AvgIpc) is 2.57. The van der Waals surface area contributed by atoms with E-state index in [1.54, 1.807) is 6.07 Å². The van der Waals surface area contributed by atoms with Gasteiger partial charge in [-0.05, 0) is 37.5 Å². The molecule has 1 aliphatic rings. The lowest BCUT2D eigenvalue weighted by Crippen LogP contribution is -2.25. The summed E-state index contributed by atoms with van der Waals surface area (Å²) < 4.78 is 14.0. The fraction of sp³-hybridized carbons (Fsp3) is 0.571. The lowest BCUT2D eigenvalue weighted by atomic mass is 10.1. The van der Waals surface area contributed by atoms with E-state index < -0.39 is 0 Å². The molecule has 0 unspecified atom stereocenters. The molecule has 94 valence electrons. The number of benzene rings is 1. The van der Waals surface area contributed by atoms with Crippen LogP contribution >= 0.6 is 0 Å². The van der Waals surface area contributed by atoms with Crippen molar-refractivity contribution in [2.45, 2.75) is 38.6 Å². The number of rotatable bonds is 2. The van der Waals surface area contributed by atoms with E-state index in [2.05, 4.69) is 4.90 Å². The van der Waals surface area contributed by atoms with Crippen LogP contribution in [0, 0.1) is 5.82 Å². The SMILES string of the molecule is C[C@@H](N)c1ccc(N2CCCCCC2)c(F)c1. The molecule has 1 heterocycles. The largest absolute Gasteiger partial charge is 0.369 e. The Bertz CT molecular complexity index is 368. The maximum absolute atomic E-state index is 14.0. The molecule has 1 aliphatic heterocycles. The first-order chi connectivity index (χ1) is 8.18. The van der Waals surface area contributed by atoms with E-state index in [0.717, 1.165) is 37.2 Å². The van der Waals surface area contributed by atoms with E-state index in [9.17, 15) is 4.39 Å². The van der Waals surface area contributed by atoms with Gasteiger partial charge in [0.2, 0.25) is 0 Å². The molecular formula is C14H21FN2. The first-order valence-corrected chi connectivity index (χ1v) is 6.48. The zero-order valence-corrected chi connectivity index (χ0v) is 10.5. The molecule has 2 rings (SSSR count). The third-order valence-corrected chi connectivity index (χ3v) is 3.44. The normalized spacial score (nSPS) is 18.9. The van der Waals surface area contributed by atoms with Gasteiger partial charge in [0.05, 0.1) is 5.69 Å². The second-order valence-electron chi connectivity index (χ2n) is 4.90. The molecule has 0 amide bonds. The van der Waals surface area contributed by atoms with Crippen molar-refractivity contribution in [2.24, 2.45) is 5.73 Å². The van der Waals surface area contributed by atoms with Crippen LogP contribution in [0.5, 0.6) is 0 Å². The van der Waals surface area contributed by atoms with Crippen molar-refractivity contribution < 1.29 is 4.39 Å². The molecule has 0 spiro atoms. The molecule has 0 aromatic heterocycles. The van der Waals surface area contributed by atoms with Gasteiger partial charge in [-0.25, -0.2) is 4.39 Å². The van der Waals surface area contributed by atoms with Crippen molar-refractivity contribution in [3.8, 4) is 0 Å². The first-order valence-electron chi connectivity index (χ1n) is 6.48. The summed E-state index contributed by atoms with van der Waals surface area (Å²) in [5.41, 5.74) is 7.35. The van der Waals surface area contributed by atoms with Crippen molar-refractivity contribution in [3.05, 3.63) is 29.6 Å². The third-order valence-electron chi connectivity index (χ3n) is 3.44. The highest BCUT2D eigenvalue weighted by Gasteiger charge is 2.14. The molecule has 1 fully saturated rings. The van der Waals surface area contributed by atoms with Crippen LogP contribution in [0.1, 0.15) is 44.2 Å². The number of halogens is 1. The predicted octanol–water partition coefficient (Wildman–Crippen LogP) is 3.23. The van der Waals surface area contributed by atoms with Gasteiger partial charge in [0.15, 0.2) is 0 Å². The van der Waals surface area contributed by atoms with Crippen molar-refractivity contribution in [1.82, 2.24) is 0 Å². The minimum atomic E-state index is -0.137.